The summed E-state index contributed by atoms with van der Waals surface area (Å²) in [6, 6.07) is 0. The normalized spacial score (nSPS) is 47.1. The van der Waals surface area contributed by atoms with E-state index >= 15 is 0 Å². The van der Waals surface area contributed by atoms with E-state index in [1.165, 1.54) is 6.92 Å². The zero-order valence-electron chi connectivity index (χ0n) is 23.0. The minimum atomic E-state index is -2.03. The number of hydrogen-bond acceptors (Lipinski definition) is 7. The Morgan fingerprint density at radius 2 is 1.74 bits per heavy atom. The molecule has 0 radical (unpaired) electrons. The minimum absolute atomic E-state index is 0.0176. The monoisotopic (exact) mass is 508 g/mol. The average Bonchev–Trinajstić information content (AvgIpc) is 2.70. The molecule has 35 heavy (non-hydrogen) atoms. The molecule has 198 valence electrons. The Balaban J connectivity index is 2.04. The number of ketones is 1. The van der Waals surface area contributed by atoms with E-state index in [9.17, 15) is 19.8 Å². The summed E-state index contributed by atoms with van der Waals surface area (Å²) in [6.45, 7) is 19.4. The molecule has 0 aromatic carbocycles. The first-order chi connectivity index (χ1) is 15.8. The maximum Gasteiger partial charge on any atom is 0.303 e. The molecule has 0 spiro atoms. The van der Waals surface area contributed by atoms with Crippen LogP contribution in [0.2, 0.25) is 19.6 Å². The molecule has 8 heteroatoms. The molecule has 2 saturated carbocycles. The number of aliphatic hydroxyl groups is 2. The molecule has 3 fully saturated rings. The van der Waals surface area contributed by atoms with Crippen LogP contribution in [0.4, 0.5) is 0 Å². The summed E-state index contributed by atoms with van der Waals surface area (Å²) in [4.78, 5) is 27.1. The van der Waals surface area contributed by atoms with Gasteiger partial charge in [-0.15, -0.1) is 0 Å². The van der Waals surface area contributed by atoms with Gasteiger partial charge in [-0.05, 0) is 50.0 Å². The van der Waals surface area contributed by atoms with E-state index in [1.807, 2.05) is 41.5 Å². The van der Waals surface area contributed by atoms with Crippen LogP contribution in [0.15, 0.2) is 11.1 Å². The molecule has 2 bridgehead atoms. The Morgan fingerprint density at radius 3 is 2.23 bits per heavy atom. The second kappa shape index (κ2) is 7.97. The van der Waals surface area contributed by atoms with Gasteiger partial charge < -0.3 is 24.1 Å². The summed E-state index contributed by atoms with van der Waals surface area (Å²) in [5, 5.41) is 24.8. The summed E-state index contributed by atoms with van der Waals surface area (Å²) in [6.07, 6.45) is -1.21. The quantitative estimate of drug-likeness (QED) is 0.341. The van der Waals surface area contributed by atoms with E-state index < -0.39 is 66.5 Å². The molecule has 0 aromatic heterocycles. The van der Waals surface area contributed by atoms with Crippen LogP contribution in [0.25, 0.3) is 0 Å². The van der Waals surface area contributed by atoms with Crippen LogP contribution in [-0.4, -0.2) is 66.4 Å². The third kappa shape index (κ3) is 3.57. The second-order valence-corrected chi connectivity index (χ2v) is 17.8. The van der Waals surface area contributed by atoms with Crippen molar-refractivity contribution in [2.45, 2.75) is 110 Å². The lowest BCUT2D eigenvalue weighted by atomic mass is 9.42. The Hall–Kier alpha value is -1.06. The van der Waals surface area contributed by atoms with Crippen molar-refractivity contribution >= 4 is 20.1 Å². The summed E-state index contributed by atoms with van der Waals surface area (Å²) in [7, 11) is -2.03. The third-order valence-electron chi connectivity index (χ3n) is 9.93. The minimum Gasteiger partial charge on any atom is -0.459 e. The van der Waals surface area contributed by atoms with Crippen molar-refractivity contribution in [1.29, 1.82) is 0 Å². The number of Topliss-reactive ketones (excluding diaryl/α,β-unsaturated/α-hetero) is 1. The molecular formula is C27H44O7Si. The number of fused-ring (bicyclic) bond motifs is 5. The van der Waals surface area contributed by atoms with Crippen molar-refractivity contribution < 1.29 is 33.7 Å². The van der Waals surface area contributed by atoms with Gasteiger partial charge in [0.05, 0.1) is 18.8 Å². The van der Waals surface area contributed by atoms with Crippen LogP contribution >= 0.6 is 0 Å². The lowest BCUT2D eigenvalue weighted by Gasteiger charge is -2.67. The Bertz CT molecular complexity index is 967. The molecule has 1 saturated heterocycles. The van der Waals surface area contributed by atoms with Crippen molar-refractivity contribution in [2.24, 2.45) is 28.6 Å². The molecule has 9 atom stereocenters. The van der Waals surface area contributed by atoms with Gasteiger partial charge in [0.25, 0.3) is 0 Å². The molecule has 0 amide bonds. The van der Waals surface area contributed by atoms with Crippen molar-refractivity contribution in [3.8, 4) is 0 Å². The average molecular weight is 509 g/mol. The number of ether oxygens (including phenoxy) is 2. The van der Waals surface area contributed by atoms with Crippen LogP contribution in [-0.2, 0) is 23.5 Å². The highest BCUT2D eigenvalue weighted by Gasteiger charge is 2.75. The van der Waals surface area contributed by atoms with Gasteiger partial charge >= 0.3 is 5.97 Å². The molecule has 0 aromatic rings. The molecule has 4 rings (SSSR count). The molecule has 1 aliphatic heterocycles. The lowest BCUT2D eigenvalue weighted by molar-refractivity contribution is -0.338. The van der Waals surface area contributed by atoms with Gasteiger partial charge in [-0.25, -0.2) is 0 Å². The van der Waals surface area contributed by atoms with E-state index in [4.69, 9.17) is 13.9 Å². The Morgan fingerprint density at radius 1 is 1.14 bits per heavy atom. The molecule has 1 heterocycles. The highest BCUT2D eigenvalue weighted by molar-refractivity contribution is 6.69. The first kappa shape index (κ1) is 27.0. The fourth-order valence-electron chi connectivity index (χ4n) is 8.02. The summed E-state index contributed by atoms with van der Waals surface area (Å²) >= 11 is 0. The van der Waals surface area contributed by atoms with E-state index in [-0.39, 0.29) is 24.7 Å². The van der Waals surface area contributed by atoms with Gasteiger partial charge in [0, 0.05) is 36.0 Å². The van der Waals surface area contributed by atoms with Gasteiger partial charge in [0.15, 0.2) is 8.32 Å². The number of hydrogen-bond donors (Lipinski definition) is 2. The standard InChI is InChI=1S/C27H44O7Si/c1-14-11-19-26(30,13-32-19)21-23(33-17(4)28)27(31)12-18(34-35(8,9)10)15(2)20(24(27,5)6)16(3)22(29)25(14,21)7/h14,16,18-19,21,23,30-31H,11-13H2,1-10H3/t14-,16+,18-,19+,21?,23?,25+,26-,27+/m0/s1. The molecular weight excluding hydrogens is 464 g/mol. The second-order valence-electron chi connectivity index (χ2n) is 13.4. The Kier molecular flexibility index (Phi) is 6.14. The van der Waals surface area contributed by atoms with Crippen molar-refractivity contribution in [3.05, 3.63) is 11.1 Å². The van der Waals surface area contributed by atoms with Crippen molar-refractivity contribution in [1.82, 2.24) is 0 Å². The van der Waals surface area contributed by atoms with Gasteiger partial charge in [0.2, 0.25) is 0 Å². The molecule has 3 aliphatic carbocycles. The van der Waals surface area contributed by atoms with Crippen LogP contribution in [0.5, 0.6) is 0 Å². The molecule has 4 aliphatic rings. The van der Waals surface area contributed by atoms with Crippen LogP contribution in [0, 0.1) is 28.6 Å². The fourth-order valence-corrected chi connectivity index (χ4v) is 9.13. The highest BCUT2D eigenvalue weighted by atomic mass is 28.4. The van der Waals surface area contributed by atoms with E-state index in [0.717, 1.165) is 11.1 Å². The van der Waals surface area contributed by atoms with Gasteiger partial charge in [-0.2, -0.15) is 0 Å². The maximum absolute atomic E-state index is 14.5. The number of esters is 1. The SMILES string of the molecule is CC(=O)OC1C2[C@]3(O)CO[C@@H]3C[C@H](C)[C@@]2(C)C(=O)[C@H](C)C2=C(C)[C@@H](O[Si](C)(C)C)C[C@]1(O)C2(C)C. The summed E-state index contributed by atoms with van der Waals surface area (Å²) in [5.74, 6) is -1.96. The topological polar surface area (TPSA) is 102 Å². The maximum atomic E-state index is 14.5. The van der Waals surface area contributed by atoms with Gasteiger partial charge in [-0.1, -0.05) is 34.6 Å². The Labute approximate surface area is 210 Å². The third-order valence-corrected chi connectivity index (χ3v) is 10.9. The zero-order valence-corrected chi connectivity index (χ0v) is 24.0. The van der Waals surface area contributed by atoms with Gasteiger partial charge in [-0.3, -0.25) is 9.59 Å². The number of carbonyl (C=O) groups is 2. The van der Waals surface area contributed by atoms with Crippen LogP contribution in [0.3, 0.4) is 0 Å². The first-order valence-corrected chi connectivity index (χ1v) is 16.4. The molecule has 2 N–H and O–H groups in total. The van der Waals surface area contributed by atoms with E-state index in [0.29, 0.717) is 6.42 Å². The van der Waals surface area contributed by atoms with Gasteiger partial charge in [0.1, 0.15) is 23.1 Å². The summed E-state index contributed by atoms with van der Waals surface area (Å²) in [5.41, 5.74) is -3.00. The number of carbonyl (C=O) groups excluding carboxylic acids is 2. The summed E-state index contributed by atoms with van der Waals surface area (Å²) < 4.78 is 18.4. The first-order valence-electron chi connectivity index (χ1n) is 13.0. The lowest BCUT2D eigenvalue weighted by Crippen LogP contribution is -2.79. The number of rotatable bonds is 3. The van der Waals surface area contributed by atoms with E-state index in [1.54, 1.807) is 0 Å². The van der Waals surface area contributed by atoms with Crippen molar-refractivity contribution in [2.75, 3.05) is 6.61 Å². The predicted molar refractivity (Wildman–Crippen MR) is 134 cm³/mol. The molecule has 7 nitrogen and oxygen atoms in total. The van der Waals surface area contributed by atoms with Crippen LogP contribution < -0.4 is 0 Å². The predicted octanol–water partition coefficient (Wildman–Crippen LogP) is 3.63. The fraction of sp³-hybridized carbons (Fsp3) is 0.852. The smallest absolute Gasteiger partial charge is 0.303 e. The molecule has 2 unspecified atom stereocenters. The zero-order chi connectivity index (χ0) is 26.5. The van der Waals surface area contributed by atoms with Crippen LogP contribution in [0.1, 0.15) is 61.3 Å². The largest absolute Gasteiger partial charge is 0.459 e. The highest BCUT2D eigenvalue weighted by Crippen LogP contribution is 2.65. The van der Waals surface area contributed by atoms with E-state index in [2.05, 4.69) is 19.6 Å². The van der Waals surface area contributed by atoms with Crippen molar-refractivity contribution in [3.63, 3.8) is 0 Å².